The number of aliphatic imine (C=N–C) groups is 1. The van der Waals surface area contributed by atoms with E-state index >= 15 is 0 Å². The van der Waals surface area contributed by atoms with Gasteiger partial charge in [-0.1, -0.05) is 13.8 Å². The van der Waals surface area contributed by atoms with E-state index in [1.807, 2.05) is 6.92 Å². The summed E-state index contributed by atoms with van der Waals surface area (Å²) in [6.07, 6.45) is 4.13. The molecule has 0 spiro atoms. The molecule has 2 rings (SSSR count). The number of amidine groups is 1. The highest BCUT2D eigenvalue weighted by Crippen LogP contribution is 2.42. The molecule has 0 aromatic heterocycles. The van der Waals surface area contributed by atoms with E-state index in [4.69, 9.17) is 4.74 Å². The maximum Gasteiger partial charge on any atom is 0.247 e. The van der Waals surface area contributed by atoms with Gasteiger partial charge in [-0.05, 0) is 38.0 Å². The van der Waals surface area contributed by atoms with Crippen LogP contribution in [0.1, 0.15) is 46.5 Å². The topological polar surface area (TPSA) is 50.7 Å². The molecule has 0 aromatic carbocycles. The molecule has 0 aromatic rings. The van der Waals surface area contributed by atoms with E-state index in [0.29, 0.717) is 12.0 Å². The lowest BCUT2D eigenvalue weighted by molar-refractivity contribution is -0.118. The van der Waals surface area contributed by atoms with Gasteiger partial charge in [-0.3, -0.25) is 9.79 Å². The largest absolute Gasteiger partial charge is 0.367 e. The molecule has 1 fully saturated rings. The van der Waals surface area contributed by atoms with Gasteiger partial charge in [-0.2, -0.15) is 0 Å². The molecule has 2 aliphatic rings. The number of hydrogen-bond donors (Lipinski definition) is 1. The Bertz CT molecular complexity index is 337. The number of nitrogens with one attached hydrogen (secondary N) is 1. The predicted octanol–water partition coefficient (Wildman–Crippen LogP) is 1.89. The Morgan fingerprint density at radius 2 is 1.94 bits per heavy atom. The molecule has 0 saturated heterocycles. The summed E-state index contributed by atoms with van der Waals surface area (Å²) in [6.45, 7) is 7.50. The van der Waals surface area contributed by atoms with E-state index in [2.05, 4.69) is 24.2 Å². The highest BCUT2D eigenvalue weighted by molar-refractivity contribution is 6.07. The van der Waals surface area contributed by atoms with Gasteiger partial charge in [0.2, 0.25) is 5.91 Å². The van der Waals surface area contributed by atoms with Gasteiger partial charge in [-0.25, -0.2) is 0 Å². The van der Waals surface area contributed by atoms with Crippen LogP contribution in [0.15, 0.2) is 4.99 Å². The van der Waals surface area contributed by atoms with Gasteiger partial charge >= 0.3 is 0 Å². The van der Waals surface area contributed by atoms with Gasteiger partial charge < -0.3 is 10.1 Å². The minimum atomic E-state index is -0.337. The fourth-order valence-electron chi connectivity index (χ4n) is 2.68. The summed E-state index contributed by atoms with van der Waals surface area (Å²) in [4.78, 5) is 15.6. The summed E-state index contributed by atoms with van der Waals surface area (Å²) in [5, 5.41) is 2.86. The first-order valence-corrected chi connectivity index (χ1v) is 6.46. The first kappa shape index (κ1) is 12.6. The highest BCUT2D eigenvalue weighted by atomic mass is 16.5. The van der Waals surface area contributed by atoms with Crippen LogP contribution in [0.4, 0.5) is 0 Å². The molecule has 0 atom stereocenters. The number of hydrogen-bond acceptors (Lipinski definition) is 3. The van der Waals surface area contributed by atoms with Gasteiger partial charge in [0.1, 0.15) is 18.0 Å². The van der Waals surface area contributed by atoms with E-state index in [1.54, 1.807) is 0 Å². The van der Waals surface area contributed by atoms with Crippen molar-refractivity contribution in [2.24, 2.45) is 10.4 Å². The zero-order valence-corrected chi connectivity index (χ0v) is 11.0. The summed E-state index contributed by atoms with van der Waals surface area (Å²) in [5.41, 5.74) is 0.0419. The minimum absolute atomic E-state index is 0.0103. The van der Waals surface area contributed by atoms with Gasteiger partial charge in [0, 0.05) is 6.61 Å². The Labute approximate surface area is 103 Å². The molecule has 17 heavy (non-hydrogen) atoms. The molecular weight excluding hydrogens is 216 g/mol. The third-order valence-corrected chi connectivity index (χ3v) is 3.90. The Hall–Kier alpha value is -0.900. The van der Waals surface area contributed by atoms with Crippen molar-refractivity contribution in [1.82, 2.24) is 5.32 Å². The van der Waals surface area contributed by atoms with E-state index in [1.165, 1.54) is 0 Å². The fourth-order valence-corrected chi connectivity index (χ4v) is 2.68. The third kappa shape index (κ3) is 2.51. The van der Waals surface area contributed by atoms with Crippen LogP contribution in [0.2, 0.25) is 0 Å². The lowest BCUT2D eigenvalue weighted by Gasteiger charge is -2.43. The molecule has 1 amide bonds. The van der Waals surface area contributed by atoms with Crippen LogP contribution in [0.3, 0.4) is 0 Å². The van der Waals surface area contributed by atoms with Crippen molar-refractivity contribution in [3.8, 4) is 0 Å². The Morgan fingerprint density at radius 3 is 2.41 bits per heavy atom. The normalized spacial score (nSPS) is 26.5. The smallest absolute Gasteiger partial charge is 0.247 e. The van der Waals surface area contributed by atoms with E-state index in [9.17, 15) is 4.79 Å². The molecule has 1 aliphatic carbocycles. The molecule has 4 nitrogen and oxygen atoms in total. The standard InChI is InChI=1S/C13H22N2O2/c1-4-17-13(11-14-9-10(16)15-11)7-5-12(2,3)6-8-13/h4-9H2,1-3H3,(H,14,15,16). The van der Waals surface area contributed by atoms with Crippen LogP contribution < -0.4 is 5.32 Å². The molecule has 0 radical (unpaired) electrons. The molecular formula is C13H22N2O2. The summed E-state index contributed by atoms with van der Waals surface area (Å²) in [6, 6.07) is 0. The molecule has 0 unspecified atom stereocenters. The number of amides is 1. The number of rotatable bonds is 3. The SMILES string of the molecule is CCOC1(C2=NCC(=O)N2)CCC(C)(C)CC1. The zero-order valence-electron chi connectivity index (χ0n) is 11.0. The fraction of sp³-hybridized carbons (Fsp3) is 0.846. The lowest BCUT2D eigenvalue weighted by atomic mass is 9.70. The second kappa shape index (κ2) is 4.41. The lowest BCUT2D eigenvalue weighted by Crippen LogP contribution is -2.51. The monoisotopic (exact) mass is 238 g/mol. The first-order valence-electron chi connectivity index (χ1n) is 6.46. The number of ether oxygens (including phenoxy) is 1. The third-order valence-electron chi connectivity index (χ3n) is 3.90. The van der Waals surface area contributed by atoms with E-state index in [-0.39, 0.29) is 18.1 Å². The number of carbonyl (C=O) groups excluding carboxylic acids is 1. The van der Waals surface area contributed by atoms with Gasteiger partial charge in [0.15, 0.2) is 0 Å². The summed E-state index contributed by atoms with van der Waals surface area (Å²) in [7, 11) is 0. The summed E-state index contributed by atoms with van der Waals surface area (Å²) < 4.78 is 5.95. The average molecular weight is 238 g/mol. The Balaban J connectivity index is 2.14. The van der Waals surface area contributed by atoms with Crippen molar-refractivity contribution >= 4 is 11.7 Å². The van der Waals surface area contributed by atoms with Crippen LogP contribution >= 0.6 is 0 Å². The van der Waals surface area contributed by atoms with E-state index in [0.717, 1.165) is 31.5 Å². The van der Waals surface area contributed by atoms with Crippen LogP contribution in [-0.4, -0.2) is 30.5 Å². The van der Waals surface area contributed by atoms with Crippen molar-refractivity contribution in [2.75, 3.05) is 13.2 Å². The van der Waals surface area contributed by atoms with Crippen molar-refractivity contribution < 1.29 is 9.53 Å². The van der Waals surface area contributed by atoms with Crippen LogP contribution in [0, 0.1) is 5.41 Å². The second-order valence-electron chi connectivity index (χ2n) is 5.80. The zero-order chi connectivity index (χ0) is 12.5. The molecule has 0 bridgehead atoms. The predicted molar refractivity (Wildman–Crippen MR) is 67.1 cm³/mol. The van der Waals surface area contributed by atoms with Crippen LogP contribution in [0.25, 0.3) is 0 Å². The summed E-state index contributed by atoms with van der Waals surface area (Å²) >= 11 is 0. The van der Waals surface area contributed by atoms with Gasteiger partial charge in [-0.15, -0.1) is 0 Å². The quantitative estimate of drug-likeness (QED) is 0.816. The molecule has 1 heterocycles. The molecule has 1 saturated carbocycles. The molecule has 1 N–H and O–H groups in total. The average Bonchev–Trinajstić information content (AvgIpc) is 2.69. The Morgan fingerprint density at radius 1 is 1.29 bits per heavy atom. The highest BCUT2D eigenvalue weighted by Gasteiger charge is 2.44. The molecule has 96 valence electrons. The van der Waals surface area contributed by atoms with Crippen molar-refractivity contribution in [3.05, 3.63) is 0 Å². The molecule has 1 aliphatic heterocycles. The van der Waals surface area contributed by atoms with Gasteiger partial charge in [0.05, 0.1) is 0 Å². The molecule has 4 heteroatoms. The maximum absolute atomic E-state index is 11.3. The van der Waals surface area contributed by atoms with Crippen molar-refractivity contribution in [1.29, 1.82) is 0 Å². The Kier molecular flexibility index (Phi) is 3.25. The van der Waals surface area contributed by atoms with Gasteiger partial charge in [0.25, 0.3) is 0 Å². The first-order chi connectivity index (χ1) is 7.97. The van der Waals surface area contributed by atoms with E-state index < -0.39 is 0 Å². The van der Waals surface area contributed by atoms with Crippen LogP contribution in [-0.2, 0) is 9.53 Å². The maximum atomic E-state index is 11.3. The van der Waals surface area contributed by atoms with Crippen LogP contribution in [0.5, 0.6) is 0 Å². The minimum Gasteiger partial charge on any atom is -0.367 e. The van der Waals surface area contributed by atoms with Crippen molar-refractivity contribution in [2.45, 2.75) is 52.1 Å². The summed E-state index contributed by atoms with van der Waals surface area (Å²) in [5.74, 6) is 0.753. The number of nitrogens with zero attached hydrogens (tertiary/aromatic N) is 1. The van der Waals surface area contributed by atoms with Crippen molar-refractivity contribution in [3.63, 3.8) is 0 Å². The second-order valence-corrected chi connectivity index (χ2v) is 5.80. The number of carbonyl (C=O) groups is 1.